The Hall–Kier alpha value is -3.25. The van der Waals surface area contributed by atoms with Gasteiger partial charge in [0.1, 0.15) is 12.2 Å². The molecule has 0 atom stereocenters. The number of aromatic amines is 1. The van der Waals surface area contributed by atoms with Crippen molar-refractivity contribution in [2.24, 2.45) is 0 Å². The second kappa shape index (κ2) is 8.86. The molecule has 4 heterocycles. The molecule has 0 bridgehead atoms. The number of aryl methyl sites for hydroxylation is 2. The van der Waals surface area contributed by atoms with E-state index in [1.165, 1.54) is 17.7 Å². The third-order valence-corrected chi connectivity index (χ3v) is 6.00. The summed E-state index contributed by atoms with van der Waals surface area (Å²) in [7, 11) is 0. The summed E-state index contributed by atoms with van der Waals surface area (Å²) in [6, 6.07) is 0. The zero-order valence-corrected chi connectivity index (χ0v) is 18.8. The summed E-state index contributed by atoms with van der Waals surface area (Å²) in [5.41, 5.74) is 3.61. The molecule has 0 unspecified atom stereocenters. The van der Waals surface area contributed by atoms with E-state index in [4.69, 9.17) is 12.2 Å². The Morgan fingerprint density at radius 1 is 1.39 bits per heavy atom. The first-order valence-electron chi connectivity index (χ1n) is 9.61. The Bertz CT molecular complexity index is 1310. The molecule has 0 saturated carbocycles. The van der Waals surface area contributed by atoms with Crippen LogP contribution in [0.25, 0.3) is 5.78 Å². The normalized spacial score (nSPS) is 11.2. The van der Waals surface area contributed by atoms with E-state index in [9.17, 15) is 4.79 Å². The third kappa shape index (κ3) is 4.44. The van der Waals surface area contributed by atoms with Crippen molar-refractivity contribution in [2.75, 3.05) is 5.32 Å². The number of nitrogens with zero attached hydrogens (tertiary/aromatic N) is 7. The van der Waals surface area contributed by atoms with Crippen LogP contribution < -0.4 is 5.32 Å². The largest absolute Gasteiger partial charge is 0.302 e. The van der Waals surface area contributed by atoms with Crippen LogP contribution in [0.2, 0.25) is 0 Å². The number of thiazole rings is 1. The van der Waals surface area contributed by atoms with Gasteiger partial charge in [0.05, 0.1) is 12.1 Å². The van der Waals surface area contributed by atoms with Crippen LogP contribution in [0.1, 0.15) is 34.9 Å². The molecular formula is C19H21N9OS2. The molecule has 2 N–H and O–H groups in total. The average molecular weight is 456 g/mol. The highest BCUT2D eigenvalue weighted by molar-refractivity contribution is 7.71. The molecule has 0 aliphatic rings. The lowest BCUT2D eigenvalue weighted by Gasteiger charge is -2.10. The van der Waals surface area contributed by atoms with Crippen LogP contribution in [0.4, 0.5) is 5.13 Å². The Kier molecular flexibility index (Phi) is 6.00. The van der Waals surface area contributed by atoms with Crippen LogP contribution in [-0.2, 0) is 24.2 Å². The molecule has 12 heteroatoms. The van der Waals surface area contributed by atoms with Gasteiger partial charge >= 0.3 is 0 Å². The number of carbonyl (C=O) groups is 1. The Labute approximate surface area is 187 Å². The van der Waals surface area contributed by atoms with Crippen molar-refractivity contribution in [1.29, 1.82) is 0 Å². The highest BCUT2D eigenvalue weighted by atomic mass is 32.1. The number of rotatable bonds is 8. The fraction of sp³-hybridized carbons (Fsp3) is 0.316. The molecule has 0 fully saturated rings. The lowest BCUT2D eigenvalue weighted by atomic mass is 10.1. The second-order valence-corrected chi connectivity index (χ2v) is 8.19. The first kappa shape index (κ1) is 21.0. The molecule has 0 aliphatic heterocycles. The molecule has 0 saturated heterocycles. The molecule has 4 rings (SSSR count). The van der Waals surface area contributed by atoms with Gasteiger partial charge in [-0.25, -0.2) is 14.5 Å². The summed E-state index contributed by atoms with van der Waals surface area (Å²) in [5, 5.41) is 16.6. The Balaban J connectivity index is 1.39. The van der Waals surface area contributed by atoms with Crippen molar-refractivity contribution >= 4 is 40.4 Å². The smallest absolute Gasteiger partial charge is 0.252 e. The molecule has 0 radical (unpaired) electrons. The summed E-state index contributed by atoms with van der Waals surface area (Å²) in [6.45, 7) is 8.20. The van der Waals surface area contributed by atoms with Gasteiger partial charge in [-0.2, -0.15) is 15.2 Å². The minimum absolute atomic E-state index is 0.104. The lowest BCUT2D eigenvalue weighted by Crippen LogP contribution is -2.14. The van der Waals surface area contributed by atoms with Crippen molar-refractivity contribution in [2.45, 2.75) is 39.7 Å². The monoisotopic (exact) mass is 455 g/mol. The number of hydrogen-bond acceptors (Lipinski definition) is 8. The predicted octanol–water partition coefficient (Wildman–Crippen LogP) is 2.80. The number of hydrogen-bond donors (Lipinski definition) is 2. The van der Waals surface area contributed by atoms with Crippen LogP contribution in [-0.4, -0.2) is 45.2 Å². The predicted molar refractivity (Wildman–Crippen MR) is 120 cm³/mol. The first-order chi connectivity index (χ1) is 15.0. The molecule has 1 amide bonds. The van der Waals surface area contributed by atoms with Crippen LogP contribution in [0, 0.1) is 18.6 Å². The summed E-state index contributed by atoms with van der Waals surface area (Å²) in [5.74, 6) is 1.23. The van der Waals surface area contributed by atoms with Crippen LogP contribution in [0.5, 0.6) is 0 Å². The molecule has 4 aromatic heterocycles. The summed E-state index contributed by atoms with van der Waals surface area (Å²) < 4.78 is 4.10. The van der Waals surface area contributed by atoms with Gasteiger partial charge in [0.2, 0.25) is 5.91 Å². The molecule has 0 aliphatic carbocycles. The van der Waals surface area contributed by atoms with E-state index in [-0.39, 0.29) is 5.91 Å². The zero-order chi connectivity index (χ0) is 22.0. The quantitative estimate of drug-likeness (QED) is 0.310. The van der Waals surface area contributed by atoms with E-state index in [1.54, 1.807) is 10.6 Å². The Morgan fingerprint density at radius 2 is 2.23 bits per heavy atom. The van der Waals surface area contributed by atoms with Gasteiger partial charge in [-0.1, -0.05) is 6.08 Å². The van der Waals surface area contributed by atoms with E-state index in [0.29, 0.717) is 41.5 Å². The molecular weight excluding hydrogens is 434 g/mol. The van der Waals surface area contributed by atoms with Crippen molar-refractivity contribution < 1.29 is 4.79 Å². The standard InChI is InChI=1S/C19H21N9OS2/c1-4-7-27-15(25-26-19(27)30)8-13-9-31-18(23-13)24-16(29)6-5-14-11(2)22-17-20-10-21-28(17)12(14)3/h4,9-10H,1,5-8H2,2-3H3,(H,26,30)(H,23,24,29). The molecule has 31 heavy (non-hydrogen) atoms. The molecule has 4 aromatic rings. The number of carbonyl (C=O) groups excluding carboxylic acids is 1. The second-order valence-electron chi connectivity index (χ2n) is 6.95. The van der Waals surface area contributed by atoms with Crippen LogP contribution in [0.3, 0.4) is 0 Å². The number of nitrogens with one attached hydrogen (secondary N) is 2. The van der Waals surface area contributed by atoms with Gasteiger partial charge in [-0.15, -0.1) is 17.9 Å². The Morgan fingerprint density at radius 3 is 3.03 bits per heavy atom. The number of amides is 1. The van der Waals surface area contributed by atoms with Crippen molar-refractivity contribution in [3.63, 3.8) is 0 Å². The van der Waals surface area contributed by atoms with Crippen molar-refractivity contribution in [3.05, 3.63) is 57.6 Å². The summed E-state index contributed by atoms with van der Waals surface area (Å²) in [6.07, 6.45) is 4.62. The van der Waals surface area contributed by atoms with E-state index in [0.717, 1.165) is 28.5 Å². The van der Waals surface area contributed by atoms with Gasteiger partial charge in [-0.05, 0) is 38.0 Å². The maximum atomic E-state index is 12.5. The van der Waals surface area contributed by atoms with E-state index in [2.05, 4.69) is 42.1 Å². The first-order valence-corrected chi connectivity index (χ1v) is 10.9. The van der Waals surface area contributed by atoms with Gasteiger partial charge in [0.25, 0.3) is 5.78 Å². The fourth-order valence-corrected chi connectivity index (χ4v) is 4.30. The lowest BCUT2D eigenvalue weighted by molar-refractivity contribution is -0.116. The van der Waals surface area contributed by atoms with Gasteiger partial charge in [0, 0.05) is 29.7 Å². The number of H-pyrrole nitrogens is 1. The number of aromatic nitrogens is 8. The summed E-state index contributed by atoms with van der Waals surface area (Å²) >= 11 is 6.62. The fourth-order valence-electron chi connectivity index (χ4n) is 3.35. The molecule has 0 spiro atoms. The minimum Gasteiger partial charge on any atom is -0.302 e. The van der Waals surface area contributed by atoms with Gasteiger partial charge in [0.15, 0.2) is 9.90 Å². The minimum atomic E-state index is -0.104. The van der Waals surface area contributed by atoms with E-state index < -0.39 is 0 Å². The van der Waals surface area contributed by atoms with Gasteiger partial charge in [-0.3, -0.25) is 14.5 Å². The highest BCUT2D eigenvalue weighted by Crippen LogP contribution is 2.19. The van der Waals surface area contributed by atoms with Gasteiger partial charge < -0.3 is 5.32 Å². The summed E-state index contributed by atoms with van der Waals surface area (Å²) in [4.78, 5) is 25.6. The highest BCUT2D eigenvalue weighted by Gasteiger charge is 2.14. The molecule has 10 nitrogen and oxygen atoms in total. The topological polar surface area (TPSA) is 119 Å². The number of anilines is 1. The van der Waals surface area contributed by atoms with Crippen molar-refractivity contribution in [3.8, 4) is 0 Å². The average Bonchev–Trinajstić information content (AvgIpc) is 3.45. The zero-order valence-electron chi connectivity index (χ0n) is 17.1. The maximum absolute atomic E-state index is 12.5. The van der Waals surface area contributed by atoms with Crippen LogP contribution in [0.15, 0.2) is 24.4 Å². The third-order valence-electron chi connectivity index (χ3n) is 4.88. The number of allylic oxidation sites excluding steroid dienone is 1. The maximum Gasteiger partial charge on any atom is 0.252 e. The van der Waals surface area contributed by atoms with E-state index >= 15 is 0 Å². The molecule has 0 aromatic carbocycles. The number of fused-ring (bicyclic) bond motifs is 1. The SMILES string of the molecule is C=CCn1c(Cc2csc(NC(=O)CCc3c(C)nc4ncnn4c3C)n2)n[nH]c1=S. The van der Waals surface area contributed by atoms with E-state index in [1.807, 2.05) is 23.8 Å². The van der Waals surface area contributed by atoms with Crippen molar-refractivity contribution in [1.82, 2.24) is 39.3 Å². The molecule has 160 valence electrons. The van der Waals surface area contributed by atoms with Crippen LogP contribution >= 0.6 is 23.6 Å².